The molecule has 3 rings (SSSR count). The molecule has 1 heterocycles. The Morgan fingerprint density at radius 1 is 1.16 bits per heavy atom. The quantitative estimate of drug-likeness (QED) is 0.857. The van der Waals surface area contributed by atoms with Crippen LogP contribution in [0.1, 0.15) is 44.1 Å². The fourth-order valence-electron chi connectivity index (χ4n) is 3.94. The third kappa shape index (κ3) is 5.05. The summed E-state index contributed by atoms with van der Waals surface area (Å²) in [4.78, 5) is 26.7. The molecule has 1 aliphatic carbocycles. The Morgan fingerprint density at radius 3 is 2.72 bits per heavy atom. The number of rotatable bonds is 5. The molecule has 0 radical (unpaired) electrons. The van der Waals surface area contributed by atoms with Crippen molar-refractivity contribution in [3.05, 3.63) is 35.9 Å². The first-order valence-electron chi connectivity index (χ1n) is 9.49. The smallest absolute Gasteiger partial charge is 0.223 e. The maximum Gasteiger partial charge on any atom is 0.223 e. The lowest BCUT2D eigenvalue weighted by atomic mass is 9.85. The first-order valence-corrected chi connectivity index (χ1v) is 9.49. The van der Waals surface area contributed by atoms with E-state index in [1.165, 1.54) is 5.56 Å². The summed E-state index contributed by atoms with van der Waals surface area (Å²) in [6, 6.07) is 10.3. The SMILES string of the molecule is NC1CCCC(C(=O)NC2CCN(C(=O)CCc3ccccc3)C2)C1. The number of aryl methyl sites for hydroxylation is 1. The van der Waals surface area contributed by atoms with Crippen molar-refractivity contribution < 1.29 is 9.59 Å². The Labute approximate surface area is 150 Å². The van der Waals surface area contributed by atoms with Gasteiger partial charge in [0.1, 0.15) is 0 Å². The van der Waals surface area contributed by atoms with Gasteiger partial charge in [-0.15, -0.1) is 0 Å². The Kier molecular flexibility index (Phi) is 6.08. The summed E-state index contributed by atoms with van der Waals surface area (Å²) < 4.78 is 0. The molecule has 136 valence electrons. The van der Waals surface area contributed by atoms with E-state index in [-0.39, 0.29) is 29.8 Å². The summed E-state index contributed by atoms with van der Waals surface area (Å²) >= 11 is 0. The molecule has 3 atom stereocenters. The Bertz CT molecular complexity index is 590. The van der Waals surface area contributed by atoms with E-state index in [4.69, 9.17) is 5.73 Å². The van der Waals surface area contributed by atoms with Gasteiger partial charge in [-0.05, 0) is 37.7 Å². The molecular formula is C20H29N3O2. The molecular weight excluding hydrogens is 314 g/mol. The number of likely N-dealkylation sites (tertiary alicyclic amines) is 1. The number of amides is 2. The van der Waals surface area contributed by atoms with E-state index < -0.39 is 0 Å². The lowest BCUT2D eigenvalue weighted by Crippen LogP contribution is -2.43. The lowest BCUT2D eigenvalue weighted by molar-refractivity contribution is -0.131. The zero-order chi connectivity index (χ0) is 17.6. The van der Waals surface area contributed by atoms with Crippen LogP contribution in [0, 0.1) is 5.92 Å². The maximum absolute atomic E-state index is 12.4. The molecule has 0 spiro atoms. The highest BCUT2D eigenvalue weighted by Gasteiger charge is 2.30. The summed E-state index contributed by atoms with van der Waals surface area (Å²) in [6.07, 6.45) is 5.94. The summed E-state index contributed by atoms with van der Waals surface area (Å²) in [7, 11) is 0. The van der Waals surface area contributed by atoms with Crippen molar-refractivity contribution in [3.63, 3.8) is 0 Å². The van der Waals surface area contributed by atoms with E-state index in [0.717, 1.165) is 45.1 Å². The van der Waals surface area contributed by atoms with E-state index in [9.17, 15) is 9.59 Å². The molecule has 25 heavy (non-hydrogen) atoms. The van der Waals surface area contributed by atoms with Gasteiger partial charge in [0.2, 0.25) is 11.8 Å². The monoisotopic (exact) mass is 343 g/mol. The molecule has 1 saturated heterocycles. The van der Waals surface area contributed by atoms with E-state index >= 15 is 0 Å². The van der Waals surface area contributed by atoms with Crippen molar-refractivity contribution in [2.75, 3.05) is 13.1 Å². The predicted molar refractivity (Wildman–Crippen MR) is 97.8 cm³/mol. The molecule has 0 bridgehead atoms. The van der Waals surface area contributed by atoms with Crippen LogP contribution in [0.15, 0.2) is 30.3 Å². The first-order chi connectivity index (χ1) is 12.1. The minimum absolute atomic E-state index is 0.0478. The van der Waals surface area contributed by atoms with Crippen molar-refractivity contribution >= 4 is 11.8 Å². The number of carbonyl (C=O) groups is 2. The lowest BCUT2D eigenvalue weighted by Gasteiger charge is -2.27. The molecule has 1 aliphatic heterocycles. The van der Waals surface area contributed by atoms with Crippen LogP contribution in [0.4, 0.5) is 0 Å². The fourth-order valence-corrected chi connectivity index (χ4v) is 3.94. The van der Waals surface area contributed by atoms with Crippen molar-refractivity contribution in [2.45, 2.75) is 57.0 Å². The van der Waals surface area contributed by atoms with E-state index in [0.29, 0.717) is 13.0 Å². The van der Waals surface area contributed by atoms with Crippen LogP contribution in [0.5, 0.6) is 0 Å². The number of nitrogens with two attached hydrogens (primary N) is 1. The molecule has 0 aromatic heterocycles. The number of benzene rings is 1. The highest BCUT2D eigenvalue weighted by molar-refractivity contribution is 5.80. The van der Waals surface area contributed by atoms with Crippen LogP contribution in [-0.2, 0) is 16.0 Å². The minimum Gasteiger partial charge on any atom is -0.351 e. The predicted octanol–water partition coefficient (Wildman–Crippen LogP) is 1.85. The summed E-state index contributed by atoms with van der Waals surface area (Å²) in [5, 5.41) is 3.14. The van der Waals surface area contributed by atoms with Gasteiger partial charge in [0.05, 0.1) is 0 Å². The largest absolute Gasteiger partial charge is 0.351 e. The standard InChI is InChI=1S/C20H29N3O2/c21-17-8-4-7-16(13-17)20(25)22-18-11-12-23(14-18)19(24)10-9-15-5-2-1-3-6-15/h1-3,5-6,16-18H,4,7-14,21H2,(H,22,25). The van der Waals surface area contributed by atoms with Gasteiger partial charge in [0, 0.05) is 37.5 Å². The second-order valence-corrected chi connectivity index (χ2v) is 7.44. The van der Waals surface area contributed by atoms with Crippen LogP contribution in [0.25, 0.3) is 0 Å². The molecule has 2 fully saturated rings. The van der Waals surface area contributed by atoms with Crippen LogP contribution >= 0.6 is 0 Å². The van der Waals surface area contributed by atoms with Crippen molar-refractivity contribution in [3.8, 4) is 0 Å². The number of carbonyl (C=O) groups excluding carboxylic acids is 2. The van der Waals surface area contributed by atoms with Gasteiger partial charge in [-0.1, -0.05) is 36.8 Å². The highest BCUT2D eigenvalue weighted by atomic mass is 16.2. The van der Waals surface area contributed by atoms with Gasteiger partial charge >= 0.3 is 0 Å². The van der Waals surface area contributed by atoms with Crippen molar-refractivity contribution in [1.82, 2.24) is 10.2 Å². The third-order valence-corrected chi connectivity index (χ3v) is 5.44. The van der Waals surface area contributed by atoms with Crippen LogP contribution in [-0.4, -0.2) is 41.9 Å². The second kappa shape index (κ2) is 8.48. The number of hydrogen-bond donors (Lipinski definition) is 2. The summed E-state index contributed by atoms with van der Waals surface area (Å²) in [6.45, 7) is 1.38. The Balaban J connectivity index is 1.41. The maximum atomic E-state index is 12.4. The van der Waals surface area contributed by atoms with E-state index in [1.54, 1.807) is 0 Å². The van der Waals surface area contributed by atoms with Gasteiger partial charge in [0.25, 0.3) is 0 Å². The molecule has 1 saturated carbocycles. The highest BCUT2D eigenvalue weighted by Crippen LogP contribution is 2.24. The van der Waals surface area contributed by atoms with Crippen molar-refractivity contribution in [2.24, 2.45) is 11.7 Å². The molecule has 2 amide bonds. The van der Waals surface area contributed by atoms with Crippen LogP contribution < -0.4 is 11.1 Å². The molecule has 1 aromatic rings. The fraction of sp³-hybridized carbons (Fsp3) is 0.600. The molecule has 1 aromatic carbocycles. The summed E-state index contributed by atoms with van der Waals surface area (Å²) in [5.74, 6) is 0.352. The topological polar surface area (TPSA) is 75.4 Å². The average molecular weight is 343 g/mol. The second-order valence-electron chi connectivity index (χ2n) is 7.44. The molecule has 3 unspecified atom stereocenters. The van der Waals surface area contributed by atoms with Gasteiger partial charge < -0.3 is 16.0 Å². The van der Waals surface area contributed by atoms with Crippen molar-refractivity contribution in [1.29, 1.82) is 0 Å². The van der Waals surface area contributed by atoms with Gasteiger partial charge in [0.15, 0.2) is 0 Å². The molecule has 2 aliphatic rings. The van der Waals surface area contributed by atoms with Crippen LogP contribution in [0.3, 0.4) is 0 Å². The Hall–Kier alpha value is -1.88. The third-order valence-electron chi connectivity index (χ3n) is 5.44. The van der Waals surface area contributed by atoms with Gasteiger partial charge in [-0.2, -0.15) is 0 Å². The average Bonchev–Trinajstić information content (AvgIpc) is 3.09. The zero-order valence-electron chi connectivity index (χ0n) is 14.8. The van der Waals surface area contributed by atoms with Gasteiger partial charge in [-0.3, -0.25) is 9.59 Å². The molecule has 5 nitrogen and oxygen atoms in total. The zero-order valence-corrected chi connectivity index (χ0v) is 14.8. The van der Waals surface area contributed by atoms with E-state index in [2.05, 4.69) is 17.4 Å². The normalized spacial score (nSPS) is 26.4. The van der Waals surface area contributed by atoms with E-state index in [1.807, 2.05) is 23.1 Å². The number of hydrogen-bond acceptors (Lipinski definition) is 3. The number of nitrogens with zero attached hydrogens (tertiary/aromatic N) is 1. The van der Waals surface area contributed by atoms with Gasteiger partial charge in [-0.25, -0.2) is 0 Å². The molecule has 5 heteroatoms. The Morgan fingerprint density at radius 2 is 1.96 bits per heavy atom. The number of nitrogens with one attached hydrogen (secondary N) is 1. The summed E-state index contributed by atoms with van der Waals surface area (Å²) in [5.41, 5.74) is 7.17. The molecule has 3 N–H and O–H groups in total. The van der Waals surface area contributed by atoms with Crippen LogP contribution in [0.2, 0.25) is 0 Å². The minimum atomic E-state index is 0.0478. The first kappa shape index (κ1) is 17.9.